The van der Waals surface area contributed by atoms with Crippen LogP contribution >= 0.6 is 7.82 Å². The zero-order chi connectivity index (χ0) is 38.2. The summed E-state index contributed by atoms with van der Waals surface area (Å²) in [5.74, 6) is -1.63. The summed E-state index contributed by atoms with van der Waals surface area (Å²) in [6, 6.07) is 0. The van der Waals surface area contributed by atoms with Gasteiger partial charge in [-0.1, -0.05) is 168 Å². The number of unbranched alkanes of at least 4 members (excludes halogenated alkanes) is 24. The molecule has 1 N–H and O–H groups in total. The van der Waals surface area contributed by atoms with Crippen LogP contribution in [0.3, 0.4) is 0 Å². The Kier molecular flexibility index (Phi) is 30.4. The van der Waals surface area contributed by atoms with Gasteiger partial charge in [-0.2, -0.15) is 0 Å². The van der Waals surface area contributed by atoms with E-state index in [1.165, 1.54) is 122 Å². The summed E-state index contributed by atoms with van der Waals surface area (Å²) in [6.45, 7) is 7.32. The number of carbonyl (C=O) groups excluding carboxylic acids is 2. The average molecular weight is 763 g/mol. The van der Waals surface area contributed by atoms with E-state index in [9.17, 15) is 19.0 Å². The van der Waals surface area contributed by atoms with Crippen molar-refractivity contribution in [2.45, 2.75) is 225 Å². The van der Waals surface area contributed by atoms with Gasteiger partial charge in [0.25, 0.3) is 0 Å². The van der Waals surface area contributed by atoms with Crippen LogP contribution in [-0.2, 0) is 42.1 Å². The molecule has 11 heteroatoms. The molecule has 0 aromatic heterocycles. The zero-order valence-electron chi connectivity index (χ0n) is 33.9. The van der Waals surface area contributed by atoms with Gasteiger partial charge in [-0.05, 0) is 26.7 Å². The minimum absolute atomic E-state index is 0.200. The summed E-state index contributed by atoms with van der Waals surface area (Å²) in [5, 5.41) is 0. The topological polar surface area (TPSA) is 127 Å². The van der Waals surface area contributed by atoms with E-state index < -0.39 is 38.4 Å². The molecule has 1 rings (SSSR count). The van der Waals surface area contributed by atoms with E-state index in [1.807, 2.05) is 0 Å². The Morgan fingerprint density at radius 2 is 1.04 bits per heavy atom. The quantitative estimate of drug-likeness (QED) is 0.0371. The van der Waals surface area contributed by atoms with E-state index >= 15 is 0 Å². The van der Waals surface area contributed by atoms with E-state index in [0.29, 0.717) is 6.42 Å². The van der Waals surface area contributed by atoms with Gasteiger partial charge in [-0.3, -0.25) is 18.6 Å². The van der Waals surface area contributed by atoms with Crippen molar-refractivity contribution in [3.63, 3.8) is 0 Å². The number of esters is 2. The fourth-order valence-electron chi connectivity index (χ4n) is 6.43. The highest BCUT2D eigenvalue weighted by atomic mass is 31.2. The lowest BCUT2D eigenvalue weighted by Crippen LogP contribution is -2.30. The normalized spacial score (nSPS) is 17.2. The van der Waals surface area contributed by atoms with E-state index in [-0.39, 0.29) is 38.6 Å². The van der Waals surface area contributed by atoms with Crippen molar-refractivity contribution in [2.24, 2.45) is 0 Å². The maximum absolute atomic E-state index is 12.7. The molecule has 1 fully saturated rings. The van der Waals surface area contributed by atoms with Crippen molar-refractivity contribution in [2.75, 3.05) is 26.4 Å². The number of hydrogen-bond donors (Lipinski definition) is 1. The van der Waals surface area contributed by atoms with Gasteiger partial charge in [-0.25, -0.2) is 4.57 Å². The number of ether oxygens (including phenoxy) is 4. The number of carbonyl (C=O) groups is 2. The Bertz CT molecular complexity index is 914. The van der Waals surface area contributed by atoms with Crippen molar-refractivity contribution >= 4 is 19.8 Å². The average Bonchev–Trinajstić information content (AvgIpc) is 3.47. The van der Waals surface area contributed by atoms with Crippen LogP contribution in [0.5, 0.6) is 0 Å². The lowest BCUT2D eigenvalue weighted by atomic mass is 10.0. The van der Waals surface area contributed by atoms with Crippen molar-refractivity contribution < 1.29 is 47.0 Å². The van der Waals surface area contributed by atoms with Gasteiger partial charge in [0.2, 0.25) is 0 Å². The predicted molar refractivity (Wildman–Crippen MR) is 208 cm³/mol. The van der Waals surface area contributed by atoms with Gasteiger partial charge in [0.15, 0.2) is 11.9 Å². The molecule has 2 unspecified atom stereocenters. The third-order valence-corrected chi connectivity index (χ3v) is 10.6. The molecule has 52 heavy (non-hydrogen) atoms. The molecular formula is C41H79O10P. The Morgan fingerprint density at radius 1 is 0.635 bits per heavy atom. The summed E-state index contributed by atoms with van der Waals surface area (Å²) < 4.78 is 44.9. The summed E-state index contributed by atoms with van der Waals surface area (Å²) in [6.07, 6.45) is 30.5. The van der Waals surface area contributed by atoms with Crippen LogP contribution in [0.25, 0.3) is 0 Å². The second-order valence-corrected chi connectivity index (χ2v) is 16.7. The minimum Gasteiger partial charge on any atom is -0.462 e. The fraction of sp³-hybridized carbons (Fsp3) is 0.951. The van der Waals surface area contributed by atoms with Crippen molar-refractivity contribution in [1.29, 1.82) is 0 Å². The highest BCUT2D eigenvalue weighted by Gasteiger charge is 2.35. The molecule has 0 spiro atoms. The van der Waals surface area contributed by atoms with Gasteiger partial charge in [0.05, 0.1) is 19.8 Å². The summed E-state index contributed by atoms with van der Waals surface area (Å²) in [5.41, 5.74) is 0. The Morgan fingerprint density at radius 3 is 1.44 bits per heavy atom. The molecular weight excluding hydrogens is 683 g/mol. The largest absolute Gasteiger partial charge is 0.472 e. The summed E-state index contributed by atoms with van der Waals surface area (Å²) in [7, 11) is -4.49. The third-order valence-electron chi connectivity index (χ3n) is 9.61. The number of phosphoric acid groups is 1. The highest BCUT2D eigenvalue weighted by molar-refractivity contribution is 7.47. The van der Waals surface area contributed by atoms with E-state index in [0.717, 1.165) is 38.5 Å². The second-order valence-electron chi connectivity index (χ2n) is 15.3. The predicted octanol–water partition coefficient (Wildman–Crippen LogP) is 11.7. The molecule has 0 aromatic rings. The van der Waals surface area contributed by atoms with Crippen LogP contribution in [0.2, 0.25) is 0 Å². The lowest BCUT2D eigenvalue weighted by Gasteiger charge is -2.21. The maximum Gasteiger partial charge on any atom is 0.472 e. The number of phosphoric ester groups is 1. The molecule has 0 amide bonds. The molecule has 0 bridgehead atoms. The van der Waals surface area contributed by atoms with E-state index in [4.69, 9.17) is 28.0 Å². The van der Waals surface area contributed by atoms with Crippen molar-refractivity contribution in [1.82, 2.24) is 0 Å². The Labute approximate surface area is 318 Å². The monoisotopic (exact) mass is 763 g/mol. The van der Waals surface area contributed by atoms with Crippen LogP contribution in [0.15, 0.2) is 0 Å². The minimum atomic E-state index is -4.49. The van der Waals surface area contributed by atoms with Gasteiger partial charge in [0, 0.05) is 12.8 Å². The maximum atomic E-state index is 12.7. The lowest BCUT2D eigenvalue weighted by molar-refractivity contribution is -0.161. The molecule has 0 aliphatic carbocycles. The van der Waals surface area contributed by atoms with E-state index in [2.05, 4.69) is 13.8 Å². The van der Waals surface area contributed by atoms with E-state index in [1.54, 1.807) is 13.8 Å². The van der Waals surface area contributed by atoms with Gasteiger partial charge >= 0.3 is 19.8 Å². The van der Waals surface area contributed by atoms with Gasteiger partial charge < -0.3 is 23.8 Å². The molecule has 0 radical (unpaired) electrons. The molecule has 1 aliphatic rings. The number of hydrogen-bond acceptors (Lipinski definition) is 9. The van der Waals surface area contributed by atoms with Crippen molar-refractivity contribution in [3.8, 4) is 0 Å². The Balaban J connectivity index is 2.33. The molecule has 3 atom stereocenters. The third kappa shape index (κ3) is 30.3. The smallest absolute Gasteiger partial charge is 0.462 e. The first-order chi connectivity index (χ1) is 25.1. The van der Waals surface area contributed by atoms with Crippen LogP contribution in [0.4, 0.5) is 0 Å². The molecule has 1 saturated heterocycles. The first-order valence-corrected chi connectivity index (χ1v) is 22.8. The van der Waals surface area contributed by atoms with Crippen LogP contribution in [0, 0.1) is 0 Å². The van der Waals surface area contributed by atoms with Gasteiger partial charge in [0.1, 0.15) is 12.7 Å². The first-order valence-electron chi connectivity index (χ1n) is 21.4. The molecule has 10 nitrogen and oxygen atoms in total. The molecule has 1 heterocycles. The number of rotatable bonds is 37. The van der Waals surface area contributed by atoms with Crippen LogP contribution in [0.1, 0.15) is 207 Å². The van der Waals surface area contributed by atoms with Crippen LogP contribution < -0.4 is 0 Å². The molecule has 0 saturated carbocycles. The summed E-state index contributed by atoms with van der Waals surface area (Å²) >= 11 is 0. The zero-order valence-corrected chi connectivity index (χ0v) is 34.7. The van der Waals surface area contributed by atoms with Crippen molar-refractivity contribution in [3.05, 3.63) is 0 Å². The molecule has 1 aliphatic heterocycles. The van der Waals surface area contributed by atoms with Crippen LogP contribution in [-0.4, -0.2) is 61.3 Å². The molecule has 0 aromatic carbocycles. The fourth-order valence-corrected chi connectivity index (χ4v) is 7.21. The second kappa shape index (κ2) is 32.2. The highest BCUT2D eigenvalue weighted by Crippen LogP contribution is 2.44. The first kappa shape index (κ1) is 49.0. The standard InChI is InChI=1S/C41H79O10P/c1-5-7-9-11-13-15-17-19-21-23-25-27-29-31-39(42)46-33-37(35-48-52(44,45)49-36-38-34-47-41(3,4)51-38)50-40(43)32-30-28-26-24-22-20-18-16-14-12-10-8-6-2/h37-38H,5-36H2,1-4H3,(H,44,45)/t37-,38?/m1/s1. The summed E-state index contributed by atoms with van der Waals surface area (Å²) in [4.78, 5) is 35.4. The SMILES string of the molecule is CCCCCCCCCCCCCCCC(=O)OC[C@H](COP(=O)(O)OCC1COC(C)(C)O1)OC(=O)CCCCCCCCCCCCCCC. The molecule has 308 valence electrons. The van der Waals surface area contributed by atoms with Gasteiger partial charge in [-0.15, -0.1) is 0 Å². The Hall–Kier alpha value is -1.03.